The van der Waals surface area contributed by atoms with Gasteiger partial charge < -0.3 is 18.7 Å². The van der Waals surface area contributed by atoms with Gasteiger partial charge in [0.1, 0.15) is 11.3 Å². The summed E-state index contributed by atoms with van der Waals surface area (Å²) in [7, 11) is 0. The summed E-state index contributed by atoms with van der Waals surface area (Å²) in [5, 5.41) is 12.8. The van der Waals surface area contributed by atoms with Crippen LogP contribution in [-0.2, 0) is 9.53 Å². The van der Waals surface area contributed by atoms with E-state index < -0.39 is 17.6 Å². The summed E-state index contributed by atoms with van der Waals surface area (Å²) in [4.78, 5) is 34.5. The maximum absolute atomic E-state index is 11.9. The molecule has 3 heterocycles. The number of hydrogen-bond donors (Lipinski definition) is 2. The fourth-order valence-corrected chi connectivity index (χ4v) is 2.80. The van der Waals surface area contributed by atoms with Crippen molar-refractivity contribution in [1.29, 1.82) is 0 Å². The minimum absolute atomic E-state index is 0.103. The first kappa shape index (κ1) is 16.6. The minimum Gasteiger partial charge on any atom is -0.507 e. The van der Waals surface area contributed by atoms with Crippen molar-refractivity contribution < 1.29 is 28.3 Å². The number of hydrogen-bond acceptors (Lipinski definition) is 7. The van der Waals surface area contributed by atoms with Gasteiger partial charge in [0, 0.05) is 10.9 Å². The van der Waals surface area contributed by atoms with Crippen LogP contribution in [0.1, 0.15) is 16.7 Å². The molecule has 136 valence electrons. The van der Waals surface area contributed by atoms with Crippen molar-refractivity contribution in [2.75, 3.05) is 0 Å². The van der Waals surface area contributed by atoms with Gasteiger partial charge in [-0.05, 0) is 43.7 Å². The average molecular weight is 367 g/mol. The van der Waals surface area contributed by atoms with Crippen LogP contribution in [0.2, 0.25) is 0 Å². The first-order valence-electron chi connectivity index (χ1n) is 7.95. The summed E-state index contributed by atoms with van der Waals surface area (Å²) in [6.45, 7) is 3.10. The quantitative estimate of drug-likeness (QED) is 0.668. The first-order valence-corrected chi connectivity index (χ1v) is 7.95. The van der Waals surface area contributed by atoms with Crippen LogP contribution in [0, 0.1) is 13.8 Å². The molecular formula is C19H13NO7. The van der Waals surface area contributed by atoms with Gasteiger partial charge in [-0.2, -0.15) is 0 Å². The van der Waals surface area contributed by atoms with Crippen LogP contribution >= 0.6 is 0 Å². The Balaban J connectivity index is 1.79. The number of carbonyl (C=O) groups is 2. The molecule has 2 amide bonds. The second kappa shape index (κ2) is 5.87. The van der Waals surface area contributed by atoms with Crippen LogP contribution in [0.4, 0.5) is 4.79 Å². The summed E-state index contributed by atoms with van der Waals surface area (Å²) in [6, 6.07) is 6.72. The Labute approximate surface area is 151 Å². The van der Waals surface area contributed by atoms with E-state index in [1.165, 1.54) is 13.0 Å². The fourth-order valence-electron chi connectivity index (χ4n) is 2.80. The SMILES string of the molecule is Cc1c(-c2cc3cc(/C=C4\OC(=O)NC4=O)ccc3o2)oc(=O)c(C)c1O. The Bertz CT molecular complexity index is 1210. The van der Waals surface area contributed by atoms with E-state index >= 15 is 0 Å². The normalized spacial score (nSPS) is 15.4. The fraction of sp³-hybridized carbons (Fsp3) is 0.105. The standard InChI is InChI=1S/C19H13NO7/c1-8-15(21)9(2)18(23)27-16(8)13-7-11-5-10(3-4-12(11)25-13)6-14-17(22)20-19(24)26-14/h3-7,21H,1-2H3,(H,20,22,24)/b14-6-. The number of fused-ring (bicyclic) bond motifs is 1. The molecule has 0 atom stereocenters. The third kappa shape index (κ3) is 2.77. The van der Waals surface area contributed by atoms with Gasteiger partial charge in [0.05, 0.1) is 5.56 Å². The number of nitrogens with one attached hydrogen (secondary N) is 1. The molecule has 1 aliphatic heterocycles. The number of cyclic esters (lactones) is 1. The number of carbonyl (C=O) groups excluding carboxylic acids is 2. The smallest absolute Gasteiger partial charge is 0.419 e. The third-order valence-corrected chi connectivity index (χ3v) is 4.26. The molecule has 4 rings (SSSR count). The van der Waals surface area contributed by atoms with E-state index in [0.717, 1.165) is 0 Å². The predicted molar refractivity (Wildman–Crippen MR) is 93.9 cm³/mol. The molecule has 2 aromatic heterocycles. The summed E-state index contributed by atoms with van der Waals surface area (Å²) < 4.78 is 15.8. The molecule has 0 aliphatic carbocycles. The summed E-state index contributed by atoms with van der Waals surface area (Å²) >= 11 is 0. The van der Waals surface area contributed by atoms with Gasteiger partial charge in [-0.15, -0.1) is 0 Å². The van der Waals surface area contributed by atoms with E-state index in [1.54, 1.807) is 31.2 Å². The van der Waals surface area contributed by atoms with Crippen molar-refractivity contribution in [2.45, 2.75) is 13.8 Å². The molecule has 27 heavy (non-hydrogen) atoms. The molecule has 1 aromatic carbocycles. The molecule has 0 saturated carbocycles. The van der Waals surface area contributed by atoms with Crippen molar-refractivity contribution in [3.8, 4) is 17.3 Å². The summed E-state index contributed by atoms with van der Waals surface area (Å²) in [5.41, 5.74) is 1.00. The Morgan fingerprint density at radius 3 is 2.52 bits per heavy atom. The van der Waals surface area contributed by atoms with Crippen LogP contribution in [0.15, 0.2) is 43.7 Å². The molecule has 1 fully saturated rings. The van der Waals surface area contributed by atoms with E-state index in [1.807, 2.05) is 5.32 Å². The third-order valence-electron chi connectivity index (χ3n) is 4.26. The predicted octanol–water partition coefficient (Wildman–Crippen LogP) is 2.98. The largest absolute Gasteiger partial charge is 0.507 e. The van der Waals surface area contributed by atoms with Crippen LogP contribution in [0.5, 0.6) is 5.75 Å². The number of rotatable bonds is 2. The maximum atomic E-state index is 11.9. The molecule has 1 saturated heterocycles. The number of alkyl carbamates (subject to hydrolysis) is 1. The zero-order chi connectivity index (χ0) is 19.3. The highest BCUT2D eigenvalue weighted by molar-refractivity contribution is 6.10. The van der Waals surface area contributed by atoms with Gasteiger partial charge in [0.25, 0.3) is 5.91 Å². The van der Waals surface area contributed by atoms with E-state index in [0.29, 0.717) is 22.1 Å². The lowest BCUT2D eigenvalue weighted by atomic mass is 10.1. The van der Waals surface area contributed by atoms with Gasteiger partial charge in [0.15, 0.2) is 17.3 Å². The molecule has 0 spiro atoms. The van der Waals surface area contributed by atoms with Crippen molar-refractivity contribution in [3.63, 3.8) is 0 Å². The van der Waals surface area contributed by atoms with Crippen LogP contribution in [0.3, 0.4) is 0 Å². The highest BCUT2D eigenvalue weighted by Crippen LogP contribution is 2.34. The lowest BCUT2D eigenvalue weighted by Crippen LogP contribution is -2.18. The zero-order valence-electron chi connectivity index (χ0n) is 14.3. The Morgan fingerprint density at radius 2 is 1.81 bits per heavy atom. The molecule has 8 heteroatoms. The van der Waals surface area contributed by atoms with Crippen LogP contribution in [0.25, 0.3) is 28.6 Å². The number of furan rings is 1. The average Bonchev–Trinajstić information content (AvgIpc) is 3.18. The minimum atomic E-state index is -0.817. The van der Waals surface area contributed by atoms with Crippen molar-refractivity contribution in [2.24, 2.45) is 0 Å². The van der Waals surface area contributed by atoms with Crippen LogP contribution < -0.4 is 10.9 Å². The number of benzene rings is 1. The lowest BCUT2D eigenvalue weighted by Gasteiger charge is -2.05. The summed E-state index contributed by atoms with van der Waals surface area (Å²) in [5.74, 6) is -0.428. The van der Waals surface area contributed by atoms with Crippen molar-refractivity contribution in [1.82, 2.24) is 5.32 Å². The van der Waals surface area contributed by atoms with Crippen molar-refractivity contribution >= 4 is 29.0 Å². The Hall–Kier alpha value is -3.81. The number of amides is 2. The Kier molecular flexibility index (Phi) is 3.62. The molecule has 0 bridgehead atoms. The monoisotopic (exact) mass is 367 g/mol. The molecule has 0 unspecified atom stereocenters. The van der Waals surface area contributed by atoms with Gasteiger partial charge >= 0.3 is 11.7 Å². The van der Waals surface area contributed by atoms with Gasteiger partial charge in [0.2, 0.25) is 0 Å². The highest BCUT2D eigenvalue weighted by Gasteiger charge is 2.26. The van der Waals surface area contributed by atoms with E-state index in [2.05, 4.69) is 0 Å². The highest BCUT2D eigenvalue weighted by atomic mass is 16.6. The molecule has 2 N–H and O–H groups in total. The van der Waals surface area contributed by atoms with E-state index in [4.69, 9.17) is 13.6 Å². The second-order valence-corrected chi connectivity index (χ2v) is 6.08. The summed E-state index contributed by atoms with van der Waals surface area (Å²) in [6.07, 6.45) is 0.609. The maximum Gasteiger partial charge on any atom is 0.419 e. The molecular weight excluding hydrogens is 354 g/mol. The topological polar surface area (TPSA) is 119 Å². The van der Waals surface area contributed by atoms with Gasteiger partial charge in [-0.1, -0.05) is 6.07 Å². The number of imide groups is 1. The van der Waals surface area contributed by atoms with E-state index in [9.17, 15) is 19.5 Å². The molecule has 1 aliphatic rings. The van der Waals surface area contributed by atoms with E-state index in [-0.39, 0.29) is 28.6 Å². The van der Waals surface area contributed by atoms with Crippen molar-refractivity contribution in [3.05, 3.63) is 57.1 Å². The lowest BCUT2D eigenvalue weighted by molar-refractivity contribution is -0.116. The second-order valence-electron chi connectivity index (χ2n) is 6.08. The van der Waals surface area contributed by atoms with Crippen LogP contribution in [-0.4, -0.2) is 17.1 Å². The van der Waals surface area contributed by atoms with Gasteiger partial charge in [-0.25, -0.2) is 9.59 Å². The number of aromatic hydroxyl groups is 1. The Morgan fingerprint density at radius 1 is 1.04 bits per heavy atom. The molecule has 3 aromatic rings. The zero-order valence-corrected chi connectivity index (χ0v) is 14.3. The van der Waals surface area contributed by atoms with Gasteiger partial charge in [-0.3, -0.25) is 10.1 Å². The molecule has 0 radical (unpaired) electrons. The number of ether oxygens (including phenoxy) is 1. The first-order chi connectivity index (χ1) is 12.8. The molecule has 8 nitrogen and oxygen atoms in total.